The Morgan fingerprint density at radius 2 is 0.553 bits per heavy atom. The van der Waals surface area contributed by atoms with Crippen LogP contribution in [0.1, 0.15) is 181 Å². The van der Waals surface area contributed by atoms with E-state index in [0.29, 0.717) is 0 Å². The van der Waals surface area contributed by atoms with E-state index in [0.717, 1.165) is 0 Å². The highest BCUT2D eigenvalue weighted by Gasteiger charge is 2.00. The quantitative estimate of drug-likeness (QED) is 0.0707. The molecule has 0 saturated carbocycles. The Labute approximate surface area is 251 Å². The van der Waals surface area contributed by atoms with Crippen molar-refractivity contribution in [2.24, 2.45) is 0 Å². The SMILES string of the molecule is CCCCCCCCCCCSCCCCCCN(C)CCCCCCSCCCCCCCCCCC. The van der Waals surface area contributed by atoms with E-state index >= 15 is 0 Å². The molecule has 0 aliphatic carbocycles. The molecule has 0 saturated heterocycles. The summed E-state index contributed by atoms with van der Waals surface area (Å²) in [5, 5.41) is 0. The van der Waals surface area contributed by atoms with Gasteiger partial charge in [-0.2, -0.15) is 23.5 Å². The molecule has 0 aromatic carbocycles. The summed E-state index contributed by atoms with van der Waals surface area (Å²) in [6.07, 6.45) is 37.5. The van der Waals surface area contributed by atoms with E-state index in [2.05, 4.69) is 49.3 Å². The lowest BCUT2D eigenvalue weighted by molar-refractivity contribution is 0.315. The van der Waals surface area contributed by atoms with Crippen LogP contribution in [0.2, 0.25) is 0 Å². The first-order chi connectivity index (χ1) is 18.8. The number of hydrogen-bond donors (Lipinski definition) is 0. The molecule has 0 bridgehead atoms. The lowest BCUT2D eigenvalue weighted by Crippen LogP contribution is -2.20. The molecular formula is C35H73NS2. The van der Waals surface area contributed by atoms with Gasteiger partial charge < -0.3 is 4.90 Å². The summed E-state index contributed by atoms with van der Waals surface area (Å²) < 4.78 is 0. The number of nitrogens with zero attached hydrogens (tertiary/aromatic N) is 1. The van der Waals surface area contributed by atoms with Crippen LogP contribution in [0.3, 0.4) is 0 Å². The van der Waals surface area contributed by atoms with Gasteiger partial charge >= 0.3 is 0 Å². The Balaban J connectivity index is 3.13. The van der Waals surface area contributed by atoms with E-state index in [9.17, 15) is 0 Å². The van der Waals surface area contributed by atoms with Gasteiger partial charge in [0.1, 0.15) is 0 Å². The van der Waals surface area contributed by atoms with Crippen LogP contribution in [0, 0.1) is 0 Å². The molecule has 0 radical (unpaired) electrons. The summed E-state index contributed by atoms with van der Waals surface area (Å²) in [6.45, 7) is 7.22. The molecule has 0 atom stereocenters. The standard InChI is InChI=1S/C35H73NS2/c1-4-6-8-10-12-14-16-20-26-32-37-34-28-22-18-24-30-36(3)31-25-19-23-29-35-38-33-27-21-17-15-13-11-9-7-5-2/h4-35H2,1-3H3. The highest BCUT2D eigenvalue weighted by Crippen LogP contribution is 2.15. The molecular weight excluding hydrogens is 499 g/mol. The minimum absolute atomic E-state index is 1.31. The van der Waals surface area contributed by atoms with E-state index in [1.165, 1.54) is 203 Å². The van der Waals surface area contributed by atoms with Crippen LogP contribution in [0.15, 0.2) is 0 Å². The van der Waals surface area contributed by atoms with Crippen LogP contribution in [-0.4, -0.2) is 48.0 Å². The van der Waals surface area contributed by atoms with E-state index in [1.54, 1.807) is 0 Å². The summed E-state index contributed by atoms with van der Waals surface area (Å²) in [5.41, 5.74) is 0. The number of unbranched alkanes of at least 4 members (excludes halogenated alkanes) is 22. The van der Waals surface area contributed by atoms with Crippen molar-refractivity contribution in [3.63, 3.8) is 0 Å². The van der Waals surface area contributed by atoms with Gasteiger partial charge in [0.05, 0.1) is 0 Å². The lowest BCUT2D eigenvalue weighted by atomic mass is 10.1. The highest BCUT2D eigenvalue weighted by atomic mass is 32.2. The van der Waals surface area contributed by atoms with Gasteiger partial charge in [0, 0.05) is 0 Å². The predicted octanol–water partition coefficient (Wildman–Crippen LogP) is 12.6. The van der Waals surface area contributed by atoms with Crippen molar-refractivity contribution in [1.82, 2.24) is 4.90 Å². The van der Waals surface area contributed by atoms with E-state index in [4.69, 9.17) is 0 Å². The van der Waals surface area contributed by atoms with Gasteiger partial charge in [-0.1, -0.05) is 142 Å². The minimum Gasteiger partial charge on any atom is -0.306 e. The van der Waals surface area contributed by atoms with Crippen LogP contribution in [0.4, 0.5) is 0 Å². The highest BCUT2D eigenvalue weighted by molar-refractivity contribution is 7.99. The molecule has 0 aliphatic heterocycles. The third kappa shape index (κ3) is 34.7. The number of hydrogen-bond acceptors (Lipinski definition) is 3. The zero-order valence-electron chi connectivity index (χ0n) is 26.9. The number of rotatable bonds is 34. The predicted molar refractivity (Wildman–Crippen MR) is 184 cm³/mol. The van der Waals surface area contributed by atoms with Crippen LogP contribution < -0.4 is 0 Å². The Morgan fingerprint density at radius 1 is 0.316 bits per heavy atom. The maximum absolute atomic E-state index is 2.58. The third-order valence-electron chi connectivity index (χ3n) is 7.94. The van der Waals surface area contributed by atoms with Crippen LogP contribution in [0.25, 0.3) is 0 Å². The summed E-state index contributed by atoms with van der Waals surface area (Å²) in [4.78, 5) is 2.58. The molecule has 1 nitrogen and oxygen atoms in total. The molecule has 0 unspecified atom stereocenters. The molecule has 0 amide bonds. The van der Waals surface area contributed by atoms with Gasteiger partial charge in [-0.15, -0.1) is 0 Å². The zero-order chi connectivity index (χ0) is 27.6. The average Bonchev–Trinajstić information content (AvgIpc) is 2.92. The van der Waals surface area contributed by atoms with Gasteiger partial charge in [0.15, 0.2) is 0 Å². The Morgan fingerprint density at radius 3 is 0.842 bits per heavy atom. The summed E-state index contributed by atoms with van der Waals surface area (Å²) >= 11 is 4.42. The van der Waals surface area contributed by atoms with E-state index < -0.39 is 0 Å². The Bertz CT molecular complexity index is 367. The largest absolute Gasteiger partial charge is 0.306 e. The van der Waals surface area contributed by atoms with Crippen LogP contribution >= 0.6 is 23.5 Å². The maximum Gasteiger partial charge on any atom is -0.00218 e. The smallest absolute Gasteiger partial charge is 0.00218 e. The molecule has 0 heterocycles. The third-order valence-corrected chi connectivity index (χ3v) is 10.3. The van der Waals surface area contributed by atoms with Crippen molar-refractivity contribution in [3.05, 3.63) is 0 Å². The molecule has 0 aromatic heterocycles. The Kier molecular flexibility index (Phi) is 36.3. The van der Waals surface area contributed by atoms with Gasteiger partial charge in [-0.3, -0.25) is 0 Å². The normalized spacial score (nSPS) is 11.7. The second kappa shape index (κ2) is 35.7. The topological polar surface area (TPSA) is 3.24 Å². The fraction of sp³-hybridized carbons (Fsp3) is 1.00. The minimum atomic E-state index is 1.31. The molecule has 230 valence electrons. The summed E-state index contributed by atoms with van der Waals surface area (Å²) in [5.74, 6) is 5.59. The van der Waals surface area contributed by atoms with E-state index in [1.807, 2.05) is 0 Å². The van der Waals surface area contributed by atoms with Crippen LogP contribution in [0.5, 0.6) is 0 Å². The Hall–Kier alpha value is 0.660. The zero-order valence-corrected chi connectivity index (χ0v) is 28.5. The van der Waals surface area contributed by atoms with Crippen molar-refractivity contribution < 1.29 is 0 Å². The molecule has 0 N–H and O–H groups in total. The first-order valence-electron chi connectivity index (χ1n) is 17.6. The molecule has 0 rings (SSSR count). The van der Waals surface area contributed by atoms with Crippen molar-refractivity contribution in [1.29, 1.82) is 0 Å². The van der Waals surface area contributed by atoms with Crippen molar-refractivity contribution in [3.8, 4) is 0 Å². The van der Waals surface area contributed by atoms with Crippen molar-refractivity contribution in [2.75, 3.05) is 43.1 Å². The number of thioether (sulfide) groups is 2. The second-order valence-electron chi connectivity index (χ2n) is 12.0. The van der Waals surface area contributed by atoms with E-state index in [-0.39, 0.29) is 0 Å². The fourth-order valence-electron chi connectivity index (χ4n) is 5.22. The summed E-state index contributed by atoms with van der Waals surface area (Å²) in [6, 6.07) is 0. The molecule has 0 aromatic rings. The van der Waals surface area contributed by atoms with Crippen molar-refractivity contribution in [2.45, 2.75) is 181 Å². The van der Waals surface area contributed by atoms with Gasteiger partial charge in [-0.25, -0.2) is 0 Å². The molecule has 0 fully saturated rings. The average molecular weight is 572 g/mol. The molecule has 3 heteroatoms. The molecule has 0 aliphatic rings. The van der Waals surface area contributed by atoms with Gasteiger partial charge in [0.2, 0.25) is 0 Å². The van der Waals surface area contributed by atoms with Crippen LogP contribution in [-0.2, 0) is 0 Å². The van der Waals surface area contributed by atoms with Gasteiger partial charge in [0.25, 0.3) is 0 Å². The van der Waals surface area contributed by atoms with Gasteiger partial charge in [-0.05, 0) is 81.7 Å². The lowest BCUT2D eigenvalue weighted by Gasteiger charge is -2.16. The summed E-state index contributed by atoms with van der Waals surface area (Å²) in [7, 11) is 2.34. The molecule has 38 heavy (non-hydrogen) atoms. The van der Waals surface area contributed by atoms with Crippen molar-refractivity contribution >= 4 is 23.5 Å². The fourth-order valence-corrected chi connectivity index (χ4v) is 7.27. The molecule has 0 spiro atoms. The first kappa shape index (κ1) is 38.7. The first-order valence-corrected chi connectivity index (χ1v) is 20.0. The maximum atomic E-state index is 2.58. The second-order valence-corrected chi connectivity index (χ2v) is 14.5. The monoisotopic (exact) mass is 572 g/mol.